The van der Waals surface area contributed by atoms with Gasteiger partial charge in [-0.2, -0.15) is 0 Å². The summed E-state index contributed by atoms with van der Waals surface area (Å²) in [7, 11) is 0. The number of nitrogens with two attached hydrogens (primary N) is 2. The molecule has 1 heterocycles. The summed E-state index contributed by atoms with van der Waals surface area (Å²) in [5.41, 5.74) is 12.8. The van der Waals surface area contributed by atoms with Crippen LogP contribution in [-0.2, 0) is 0 Å². The fraction of sp³-hybridized carbons (Fsp3) is 0.143. The number of aromatic nitrogens is 2. The molecule has 30 heavy (non-hydrogen) atoms. The summed E-state index contributed by atoms with van der Waals surface area (Å²) in [6.07, 6.45) is 1.43. The first-order chi connectivity index (χ1) is 14.4. The van der Waals surface area contributed by atoms with E-state index >= 15 is 0 Å². The third-order valence-electron chi connectivity index (χ3n) is 3.99. The molecule has 0 aliphatic carbocycles. The monoisotopic (exact) mass is 465 g/mol. The summed E-state index contributed by atoms with van der Waals surface area (Å²) in [4.78, 5) is 33.0. The van der Waals surface area contributed by atoms with Crippen molar-refractivity contribution in [2.45, 2.75) is 13.0 Å². The van der Waals surface area contributed by atoms with Crippen molar-refractivity contribution >= 4 is 48.0 Å². The van der Waals surface area contributed by atoms with E-state index in [-0.39, 0.29) is 17.5 Å². The van der Waals surface area contributed by atoms with Crippen LogP contribution in [0.4, 0.5) is 11.6 Å². The first kappa shape index (κ1) is 21.5. The number of carbonyl (C=O) groups is 2. The molecule has 1 radical (unpaired) electrons. The molecule has 1 atom stereocenters. The van der Waals surface area contributed by atoms with E-state index in [0.717, 1.165) is 10.0 Å². The van der Waals surface area contributed by atoms with Gasteiger partial charge in [0.1, 0.15) is 0 Å². The summed E-state index contributed by atoms with van der Waals surface area (Å²) in [5, 5.41) is 5.91. The molecule has 0 spiro atoms. The van der Waals surface area contributed by atoms with Crippen molar-refractivity contribution in [1.29, 1.82) is 0 Å². The van der Waals surface area contributed by atoms with E-state index in [9.17, 15) is 9.59 Å². The fourth-order valence-corrected chi connectivity index (χ4v) is 4.72. The second-order valence-corrected chi connectivity index (χ2v) is 9.08. The summed E-state index contributed by atoms with van der Waals surface area (Å²) in [6.45, 7) is 2.37. The molecular formula is C21H22AsN6O2. The number of anilines is 2. The third-order valence-corrected chi connectivity index (χ3v) is 6.28. The predicted molar refractivity (Wildman–Crippen MR) is 119 cm³/mol. The molecule has 0 bridgehead atoms. The van der Waals surface area contributed by atoms with Crippen molar-refractivity contribution in [2.75, 3.05) is 17.2 Å². The van der Waals surface area contributed by atoms with Crippen LogP contribution in [0.1, 0.15) is 27.6 Å². The number of carbonyl (C=O) groups excluding carboxylic acids is 2. The number of para-hydroxylation sites is 1. The third kappa shape index (κ3) is 5.89. The van der Waals surface area contributed by atoms with Gasteiger partial charge >= 0.3 is 181 Å². The van der Waals surface area contributed by atoms with E-state index in [1.54, 1.807) is 12.1 Å². The van der Waals surface area contributed by atoms with Gasteiger partial charge in [-0.25, -0.2) is 0 Å². The van der Waals surface area contributed by atoms with E-state index in [0.29, 0.717) is 22.5 Å². The minimum atomic E-state index is -0.700. The van der Waals surface area contributed by atoms with Crippen LogP contribution in [0, 0.1) is 0 Å². The second kappa shape index (κ2) is 10.0. The molecule has 0 aliphatic heterocycles. The molecule has 2 amide bonds. The van der Waals surface area contributed by atoms with Crippen LogP contribution in [0.5, 0.6) is 0 Å². The Labute approximate surface area is 181 Å². The van der Waals surface area contributed by atoms with Crippen molar-refractivity contribution in [1.82, 2.24) is 9.97 Å². The number of nitrogens with one attached hydrogen (secondary N) is 2. The van der Waals surface area contributed by atoms with Gasteiger partial charge in [0.15, 0.2) is 0 Å². The molecule has 0 saturated carbocycles. The zero-order chi connectivity index (χ0) is 21.5. The summed E-state index contributed by atoms with van der Waals surface area (Å²) >= 11 is -0.700. The molecule has 0 saturated heterocycles. The quantitative estimate of drug-likeness (QED) is 0.352. The van der Waals surface area contributed by atoms with Gasteiger partial charge in [0.2, 0.25) is 0 Å². The zero-order valence-electron chi connectivity index (χ0n) is 16.4. The van der Waals surface area contributed by atoms with Gasteiger partial charge in [0.05, 0.1) is 0 Å². The molecular weight excluding hydrogens is 443 g/mol. The van der Waals surface area contributed by atoms with Crippen LogP contribution in [0.3, 0.4) is 0 Å². The van der Waals surface area contributed by atoms with E-state index in [1.807, 2.05) is 49.4 Å². The molecule has 2 aromatic carbocycles. The molecule has 3 rings (SSSR count). The van der Waals surface area contributed by atoms with Gasteiger partial charge in [0, 0.05) is 0 Å². The topological polar surface area (TPSA) is 136 Å². The number of benzene rings is 2. The molecule has 6 N–H and O–H groups in total. The van der Waals surface area contributed by atoms with Crippen LogP contribution in [0.2, 0.25) is 0 Å². The van der Waals surface area contributed by atoms with Crippen molar-refractivity contribution in [2.24, 2.45) is 11.5 Å². The number of hydrogen-bond acceptors (Lipinski definition) is 6. The first-order valence-electron chi connectivity index (χ1n) is 9.27. The Morgan fingerprint density at radius 3 is 2.60 bits per heavy atom. The summed E-state index contributed by atoms with van der Waals surface area (Å²) in [6, 6.07) is 16.4. The van der Waals surface area contributed by atoms with Crippen molar-refractivity contribution in [3.05, 3.63) is 71.9 Å². The van der Waals surface area contributed by atoms with Crippen LogP contribution in [0.15, 0.2) is 60.8 Å². The molecule has 0 fully saturated rings. The molecule has 0 aliphatic rings. The Morgan fingerprint density at radius 2 is 1.90 bits per heavy atom. The summed E-state index contributed by atoms with van der Waals surface area (Å²) < 4.78 is 1.48. The Balaban J connectivity index is 1.81. The maximum absolute atomic E-state index is 12.6. The van der Waals surface area contributed by atoms with Crippen LogP contribution in [-0.4, -0.2) is 50.1 Å². The molecule has 153 valence electrons. The van der Waals surface area contributed by atoms with E-state index in [2.05, 4.69) is 20.6 Å². The Bertz CT molecular complexity index is 1040. The van der Waals surface area contributed by atoms with Gasteiger partial charge in [-0.05, 0) is 0 Å². The number of primary amides is 1. The average Bonchev–Trinajstić information content (AvgIpc) is 2.73. The van der Waals surface area contributed by atoms with Gasteiger partial charge in [-0.3, -0.25) is 0 Å². The Kier molecular flexibility index (Phi) is 7.16. The molecule has 0 unspecified atom stereocenters. The molecule has 1 aromatic heterocycles. The molecule has 8 nitrogen and oxygen atoms in total. The number of rotatable bonds is 8. The van der Waals surface area contributed by atoms with E-state index in [1.165, 1.54) is 6.20 Å². The number of amides is 2. The normalized spacial score (nSPS) is 11.9. The van der Waals surface area contributed by atoms with Crippen molar-refractivity contribution < 1.29 is 9.59 Å². The molecule has 3 aromatic rings. The van der Waals surface area contributed by atoms with E-state index in [4.69, 9.17) is 11.5 Å². The first-order valence-corrected chi connectivity index (χ1v) is 11.1. The van der Waals surface area contributed by atoms with Gasteiger partial charge in [0.25, 0.3) is 0 Å². The van der Waals surface area contributed by atoms with Gasteiger partial charge in [-0.1, -0.05) is 0 Å². The number of nitrogens with zero attached hydrogens (tertiary/aromatic N) is 2. The Hall–Kier alpha value is -3.22. The molecule has 9 heteroatoms. The standard InChI is InChI=1S/C21H22AsN6O2/c1-13(23)11-25-21-26-12-17(19(24)29)18(28-21)22-15-7-5-6-14(10-15)20(30)27-16-8-3-2-4-9-16/h2-10,12-13H,11,23H2,1H3,(H2,24,29)(H,27,30)(H,25,26,28)/t13-/m0/s1. The fourth-order valence-electron chi connectivity index (χ4n) is 2.53. The Morgan fingerprint density at radius 1 is 1.13 bits per heavy atom. The predicted octanol–water partition coefficient (Wildman–Crippen LogP) is 0.242. The average molecular weight is 465 g/mol. The SMILES string of the molecule is C[C@H](N)CNc1ncc(C(N)=O)c([As]c2cccc(C(=O)Nc3ccccc3)c2)n1. The minimum absolute atomic E-state index is 0.0686. The summed E-state index contributed by atoms with van der Waals surface area (Å²) in [5.74, 6) is -0.404. The van der Waals surface area contributed by atoms with Crippen LogP contribution >= 0.6 is 0 Å². The van der Waals surface area contributed by atoms with Crippen molar-refractivity contribution in [3.63, 3.8) is 0 Å². The van der Waals surface area contributed by atoms with E-state index < -0.39 is 21.7 Å². The van der Waals surface area contributed by atoms with Crippen LogP contribution < -0.4 is 30.9 Å². The van der Waals surface area contributed by atoms with Crippen molar-refractivity contribution in [3.8, 4) is 0 Å². The maximum atomic E-state index is 12.6. The van der Waals surface area contributed by atoms with Gasteiger partial charge < -0.3 is 0 Å². The van der Waals surface area contributed by atoms with Crippen LogP contribution in [0.25, 0.3) is 0 Å². The second-order valence-electron chi connectivity index (χ2n) is 6.64. The number of hydrogen-bond donors (Lipinski definition) is 4. The zero-order valence-corrected chi connectivity index (χ0v) is 18.2. The van der Waals surface area contributed by atoms with Gasteiger partial charge in [-0.15, -0.1) is 0 Å².